The molecular weight excluding hydrogens is 398 g/mol. The molecule has 1 aliphatic rings. The lowest BCUT2D eigenvalue weighted by molar-refractivity contribution is -0.123. The van der Waals surface area contributed by atoms with Gasteiger partial charge in [-0.3, -0.25) is 9.79 Å². The van der Waals surface area contributed by atoms with Gasteiger partial charge >= 0.3 is 0 Å². The molecule has 2 heterocycles. The number of aliphatic imine (C=N–C) groups is 1. The maximum absolute atomic E-state index is 13.1. The van der Waals surface area contributed by atoms with E-state index in [1.807, 2.05) is 54.6 Å². The second kappa shape index (κ2) is 8.75. The monoisotopic (exact) mass is 417 g/mol. The van der Waals surface area contributed by atoms with Gasteiger partial charge in [-0.25, -0.2) is 0 Å². The van der Waals surface area contributed by atoms with Crippen molar-refractivity contribution in [1.29, 1.82) is 0 Å². The molecule has 30 heavy (non-hydrogen) atoms. The number of anilines is 1. The highest BCUT2D eigenvalue weighted by atomic mass is 32.1. The van der Waals surface area contributed by atoms with Crippen molar-refractivity contribution in [3.8, 4) is 11.5 Å². The normalized spacial score (nSPS) is 17.3. The minimum Gasteiger partial charge on any atom is -0.472 e. The highest BCUT2D eigenvalue weighted by Gasteiger charge is 2.40. The number of hydrogen-bond donors (Lipinski definition) is 2. The molecule has 3 aromatic rings. The van der Waals surface area contributed by atoms with Crippen LogP contribution in [-0.2, 0) is 10.2 Å². The molecule has 4 rings (SSSR count). The van der Waals surface area contributed by atoms with Gasteiger partial charge in [-0.2, -0.15) is 0 Å². The average molecular weight is 417 g/mol. The van der Waals surface area contributed by atoms with Gasteiger partial charge < -0.3 is 19.8 Å². The van der Waals surface area contributed by atoms with Gasteiger partial charge in [0.2, 0.25) is 5.91 Å². The largest absolute Gasteiger partial charge is 0.472 e. The summed E-state index contributed by atoms with van der Waals surface area (Å²) in [5, 5.41) is 5.99. The van der Waals surface area contributed by atoms with Crippen molar-refractivity contribution in [2.24, 2.45) is 4.99 Å². The first kappa shape index (κ1) is 19.6. The molecule has 6 nitrogen and oxygen atoms in total. The minimum absolute atomic E-state index is 0.183. The third-order valence-corrected chi connectivity index (χ3v) is 4.86. The Morgan fingerprint density at radius 2 is 1.93 bits per heavy atom. The summed E-state index contributed by atoms with van der Waals surface area (Å²) in [5.41, 5.74) is 0.448. The Bertz CT molecular complexity index is 1090. The first-order chi connectivity index (χ1) is 14.7. The molecular formula is C23H19N3O3S. The number of para-hydroxylation sites is 1. The van der Waals surface area contributed by atoms with Crippen LogP contribution in [0, 0.1) is 0 Å². The summed E-state index contributed by atoms with van der Waals surface area (Å²) < 4.78 is 11.0. The highest BCUT2D eigenvalue weighted by molar-refractivity contribution is 7.80. The number of amides is 1. The summed E-state index contributed by atoms with van der Waals surface area (Å²) in [6, 6.07) is 18.6. The Kier molecular flexibility index (Phi) is 5.72. The number of furan rings is 1. The smallest absolute Gasteiger partial charge is 0.242 e. The lowest BCUT2D eigenvalue weighted by Gasteiger charge is -2.28. The van der Waals surface area contributed by atoms with Crippen LogP contribution in [-0.4, -0.2) is 23.8 Å². The number of ether oxygens (including phenoxy) is 1. The highest BCUT2D eigenvalue weighted by Crippen LogP contribution is 2.29. The quantitative estimate of drug-likeness (QED) is 0.600. The van der Waals surface area contributed by atoms with Gasteiger partial charge in [-0.15, -0.1) is 0 Å². The van der Waals surface area contributed by atoms with E-state index in [2.05, 4.69) is 15.6 Å². The predicted octanol–water partition coefficient (Wildman–Crippen LogP) is 4.46. The van der Waals surface area contributed by atoms with Gasteiger partial charge in [-0.1, -0.05) is 30.3 Å². The van der Waals surface area contributed by atoms with Crippen molar-refractivity contribution in [1.82, 2.24) is 5.32 Å². The molecule has 2 aromatic carbocycles. The number of carbonyl (C=O) groups excluding carboxylic acids is 1. The lowest BCUT2D eigenvalue weighted by atomic mass is 9.79. The van der Waals surface area contributed by atoms with Crippen molar-refractivity contribution in [2.75, 3.05) is 11.9 Å². The molecule has 0 saturated heterocycles. The van der Waals surface area contributed by atoms with Crippen molar-refractivity contribution in [2.45, 2.75) is 5.41 Å². The zero-order valence-corrected chi connectivity index (χ0v) is 16.8. The lowest BCUT2D eigenvalue weighted by Crippen LogP contribution is -2.49. The minimum atomic E-state index is -0.967. The SMILES string of the molecule is O=C(NC(=S)Nc1cccc(Oc2ccccc2)c1)C1(c2ccoc2)C=CC=NC1. The fourth-order valence-electron chi connectivity index (χ4n) is 3.14. The molecule has 0 aliphatic carbocycles. The molecule has 0 fully saturated rings. The van der Waals surface area contributed by atoms with Crippen LogP contribution in [0.15, 0.2) is 94.8 Å². The number of carbonyl (C=O) groups is 1. The van der Waals surface area contributed by atoms with Gasteiger partial charge in [0.15, 0.2) is 5.11 Å². The Morgan fingerprint density at radius 1 is 1.10 bits per heavy atom. The average Bonchev–Trinajstić information content (AvgIpc) is 3.30. The van der Waals surface area contributed by atoms with E-state index in [-0.39, 0.29) is 17.6 Å². The fourth-order valence-corrected chi connectivity index (χ4v) is 3.35. The van der Waals surface area contributed by atoms with Crippen molar-refractivity contribution >= 4 is 35.1 Å². The molecule has 1 aliphatic heterocycles. The van der Waals surface area contributed by atoms with Crippen LogP contribution in [0.1, 0.15) is 5.56 Å². The summed E-state index contributed by atoms with van der Waals surface area (Å²) >= 11 is 5.36. The van der Waals surface area contributed by atoms with Gasteiger partial charge in [0.05, 0.1) is 19.1 Å². The Labute approximate surface area is 179 Å². The number of nitrogens with zero attached hydrogens (tertiary/aromatic N) is 1. The molecule has 1 atom stereocenters. The molecule has 7 heteroatoms. The number of dihydropyridines is 1. The molecule has 0 saturated carbocycles. The van der Waals surface area contributed by atoms with Crippen molar-refractivity contribution in [3.05, 3.63) is 90.9 Å². The van der Waals surface area contributed by atoms with E-state index in [9.17, 15) is 4.79 Å². The summed E-state index contributed by atoms with van der Waals surface area (Å²) in [7, 11) is 0. The Hall–Kier alpha value is -3.71. The number of allylic oxidation sites excluding steroid dienone is 1. The van der Waals surface area contributed by atoms with Crippen molar-refractivity contribution < 1.29 is 13.9 Å². The van der Waals surface area contributed by atoms with Crippen LogP contribution in [0.2, 0.25) is 0 Å². The van der Waals surface area contributed by atoms with E-state index in [1.54, 1.807) is 30.7 Å². The van der Waals surface area contributed by atoms with E-state index in [4.69, 9.17) is 21.4 Å². The second-order valence-electron chi connectivity index (χ2n) is 6.68. The maximum atomic E-state index is 13.1. The molecule has 1 amide bonds. The summed E-state index contributed by atoms with van der Waals surface area (Å²) in [5.74, 6) is 1.10. The zero-order chi connectivity index (χ0) is 20.8. The van der Waals surface area contributed by atoms with Crippen LogP contribution in [0.25, 0.3) is 0 Å². The van der Waals surface area contributed by atoms with E-state index >= 15 is 0 Å². The van der Waals surface area contributed by atoms with Gasteiger partial charge in [0, 0.05) is 23.5 Å². The summed E-state index contributed by atoms with van der Waals surface area (Å²) in [6.07, 6.45) is 8.30. The number of thiocarbonyl (C=S) groups is 1. The van der Waals surface area contributed by atoms with Gasteiger partial charge in [-0.05, 0) is 48.6 Å². The Morgan fingerprint density at radius 3 is 2.67 bits per heavy atom. The van der Waals surface area contributed by atoms with Crippen LogP contribution < -0.4 is 15.4 Å². The van der Waals surface area contributed by atoms with Crippen LogP contribution >= 0.6 is 12.2 Å². The maximum Gasteiger partial charge on any atom is 0.242 e. The Balaban J connectivity index is 1.44. The van der Waals surface area contributed by atoms with E-state index in [0.29, 0.717) is 17.0 Å². The molecule has 2 N–H and O–H groups in total. The van der Waals surface area contributed by atoms with Crippen LogP contribution in [0.3, 0.4) is 0 Å². The van der Waals surface area contributed by atoms with Crippen LogP contribution in [0.4, 0.5) is 5.69 Å². The van der Waals surface area contributed by atoms with E-state index in [0.717, 1.165) is 5.75 Å². The number of benzene rings is 2. The number of nitrogens with one attached hydrogen (secondary N) is 2. The van der Waals surface area contributed by atoms with Crippen LogP contribution in [0.5, 0.6) is 11.5 Å². The molecule has 0 radical (unpaired) electrons. The first-order valence-electron chi connectivity index (χ1n) is 9.31. The topological polar surface area (TPSA) is 75.9 Å². The molecule has 150 valence electrons. The number of rotatable bonds is 5. The summed E-state index contributed by atoms with van der Waals surface area (Å²) in [6.45, 7) is 0.276. The first-order valence-corrected chi connectivity index (χ1v) is 9.72. The van der Waals surface area contributed by atoms with E-state index in [1.165, 1.54) is 6.26 Å². The molecule has 0 spiro atoms. The predicted molar refractivity (Wildman–Crippen MR) is 120 cm³/mol. The molecule has 1 aromatic heterocycles. The third-order valence-electron chi connectivity index (χ3n) is 4.65. The van der Waals surface area contributed by atoms with E-state index < -0.39 is 5.41 Å². The molecule has 1 unspecified atom stereocenters. The third kappa shape index (κ3) is 4.31. The second-order valence-corrected chi connectivity index (χ2v) is 7.09. The van der Waals surface area contributed by atoms with Gasteiger partial charge in [0.1, 0.15) is 16.9 Å². The zero-order valence-electron chi connectivity index (χ0n) is 15.9. The summed E-state index contributed by atoms with van der Waals surface area (Å²) in [4.78, 5) is 17.4. The number of hydrogen-bond acceptors (Lipinski definition) is 5. The molecule has 0 bridgehead atoms. The van der Waals surface area contributed by atoms with Gasteiger partial charge in [0.25, 0.3) is 0 Å². The fraction of sp³-hybridized carbons (Fsp3) is 0.0870. The standard InChI is InChI=1S/C23H19N3O3S/c27-21(23(11-5-12-24-16-23)17-10-13-28-15-17)26-22(30)25-18-6-4-9-20(14-18)29-19-7-2-1-3-8-19/h1-15H,16H2,(H2,25,26,27,30). The van der Waals surface area contributed by atoms with Crippen molar-refractivity contribution in [3.63, 3.8) is 0 Å².